The van der Waals surface area contributed by atoms with Gasteiger partial charge in [-0.3, -0.25) is 10.1 Å². The molecule has 1 aromatic carbocycles. The van der Waals surface area contributed by atoms with Gasteiger partial charge in [-0.1, -0.05) is 13.0 Å². The van der Waals surface area contributed by atoms with Crippen LogP contribution >= 0.6 is 0 Å². The number of nitro benzene ring substituents is 1. The number of furan rings is 1. The Bertz CT molecular complexity index is 607. The Hall–Kier alpha value is -2.34. The summed E-state index contributed by atoms with van der Waals surface area (Å²) >= 11 is 0. The van der Waals surface area contributed by atoms with Crippen LogP contribution in [-0.2, 0) is 19.6 Å². The van der Waals surface area contributed by atoms with Gasteiger partial charge in [0.25, 0.3) is 5.69 Å². The van der Waals surface area contributed by atoms with Crippen LogP contribution in [0.1, 0.15) is 24.0 Å². The maximum absolute atomic E-state index is 11.0. The van der Waals surface area contributed by atoms with Crippen molar-refractivity contribution in [3.63, 3.8) is 0 Å². The molecule has 0 spiro atoms. The molecule has 0 saturated carbocycles. The molecule has 0 fully saturated rings. The Morgan fingerprint density at radius 2 is 2.05 bits per heavy atom. The third kappa shape index (κ3) is 3.16. The molecule has 6 heteroatoms. The topological polar surface area (TPSA) is 88.5 Å². The van der Waals surface area contributed by atoms with Gasteiger partial charge in [-0.15, -0.1) is 0 Å². The van der Waals surface area contributed by atoms with E-state index in [-0.39, 0.29) is 17.2 Å². The normalized spacial score (nSPS) is 10.5. The summed E-state index contributed by atoms with van der Waals surface area (Å²) in [7, 11) is 0. The Morgan fingerprint density at radius 1 is 1.30 bits per heavy atom. The minimum absolute atomic E-state index is 0.119. The van der Waals surface area contributed by atoms with Crippen LogP contribution in [0.25, 0.3) is 0 Å². The minimum Gasteiger partial charge on any atom is -0.462 e. The molecule has 0 bridgehead atoms. The second-order valence-electron chi connectivity index (χ2n) is 4.33. The zero-order valence-corrected chi connectivity index (χ0v) is 11.1. The predicted molar refractivity (Wildman–Crippen MR) is 74.4 cm³/mol. The van der Waals surface area contributed by atoms with Crippen LogP contribution in [0.3, 0.4) is 0 Å². The third-order valence-corrected chi connectivity index (χ3v) is 3.00. The molecule has 0 saturated heterocycles. The zero-order valence-electron chi connectivity index (χ0n) is 11.1. The van der Waals surface area contributed by atoms with Crippen LogP contribution in [0.4, 0.5) is 11.4 Å². The molecule has 0 atom stereocenters. The van der Waals surface area contributed by atoms with Crippen LogP contribution in [-0.4, -0.2) is 10.0 Å². The number of hydrogen-bond donors (Lipinski definition) is 2. The van der Waals surface area contributed by atoms with E-state index in [0.717, 1.165) is 0 Å². The standard InChI is InChI=1S/C14H16N2O4/c1-2-10-3-4-11(7-14(10)16(18)19)15-8-12-5-6-13(9-17)20-12/h3-7,15,17H,2,8-9H2,1H3. The second-order valence-corrected chi connectivity index (χ2v) is 4.33. The summed E-state index contributed by atoms with van der Waals surface area (Å²) in [5, 5.41) is 22.9. The number of nitrogens with zero attached hydrogens (tertiary/aromatic N) is 1. The van der Waals surface area contributed by atoms with E-state index in [0.29, 0.717) is 35.7 Å². The van der Waals surface area contributed by atoms with E-state index >= 15 is 0 Å². The summed E-state index contributed by atoms with van der Waals surface area (Å²) in [6.45, 7) is 2.15. The summed E-state index contributed by atoms with van der Waals surface area (Å²) in [5.41, 5.74) is 1.49. The Kier molecular flexibility index (Phi) is 4.37. The number of hydrogen-bond acceptors (Lipinski definition) is 5. The van der Waals surface area contributed by atoms with E-state index < -0.39 is 0 Å². The van der Waals surface area contributed by atoms with Gasteiger partial charge in [0, 0.05) is 17.3 Å². The smallest absolute Gasteiger partial charge is 0.274 e. The molecule has 0 radical (unpaired) electrons. The van der Waals surface area contributed by atoms with Gasteiger partial charge in [-0.2, -0.15) is 0 Å². The first-order chi connectivity index (χ1) is 9.63. The first-order valence-corrected chi connectivity index (χ1v) is 6.33. The molecule has 6 nitrogen and oxygen atoms in total. The highest BCUT2D eigenvalue weighted by molar-refractivity contribution is 5.55. The van der Waals surface area contributed by atoms with E-state index in [4.69, 9.17) is 9.52 Å². The molecule has 1 aromatic heterocycles. The third-order valence-electron chi connectivity index (χ3n) is 3.00. The molecule has 0 unspecified atom stereocenters. The number of nitro groups is 1. The molecule has 0 aliphatic heterocycles. The molecule has 2 aromatic rings. The minimum atomic E-state index is -0.374. The summed E-state index contributed by atoms with van der Waals surface area (Å²) in [5.74, 6) is 1.16. The largest absolute Gasteiger partial charge is 0.462 e. The lowest BCUT2D eigenvalue weighted by atomic mass is 10.1. The summed E-state index contributed by atoms with van der Waals surface area (Å²) in [4.78, 5) is 10.6. The molecule has 1 heterocycles. The van der Waals surface area contributed by atoms with Gasteiger partial charge in [0.05, 0.1) is 11.5 Å². The highest BCUT2D eigenvalue weighted by atomic mass is 16.6. The number of aliphatic hydroxyl groups is 1. The van der Waals surface area contributed by atoms with Crippen molar-refractivity contribution in [1.82, 2.24) is 0 Å². The lowest BCUT2D eigenvalue weighted by molar-refractivity contribution is -0.385. The van der Waals surface area contributed by atoms with Crippen molar-refractivity contribution in [1.29, 1.82) is 0 Å². The molecular formula is C14H16N2O4. The van der Waals surface area contributed by atoms with Crippen molar-refractivity contribution >= 4 is 11.4 Å². The van der Waals surface area contributed by atoms with Gasteiger partial charge in [0.1, 0.15) is 18.1 Å². The maximum atomic E-state index is 11.0. The quantitative estimate of drug-likeness (QED) is 0.625. The van der Waals surface area contributed by atoms with Gasteiger partial charge >= 0.3 is 0 Å². The van der Waals surface area contributed by atoms with E-state index in [2.05, 4.69) is 5.32 Å². The van der Waals surface area contributed by atoms with Crippen LogP contribution in [0, 0.1) is 10.1 Å². The van der Waals surface area contributed by atoms with E-state index in [1.165, 1.54) is 6.07 Å². The number of benzene rings is 1. The number of rotatable bonds is 6. The van der Waals surface area contributed by atoms with Gasteiger partial charge in [-0.05, 0) is 24.6 Å². The van der Waals surface area contributed by atoms with E-state index in [1.807, 2.05) is 13.0 Å². The Morgan fingerprint density at radius 3 is 2.65 bits per heavy atom. The number of aryl methyl sites for hydroxylation is 1. The van der Waals surface area contributed by atoms with Crippen LogP contribution in [0.15, 0.2) is 34.7 Å². The first-order valence-electron chi connectivity index (χ1n) is 6.33. The highest BCUT2D eigenvalue weighted by Crippen LogP contribution is 2.24. The fraction of sp³-hybridized carbons (Fsp3) is 0.286. The van der Waals surface area contributed by atoms with Crippen molar-refractivity contribution in [2.45, 2.75) is 26.5 Å². The molecule has 20 heavy (non-hydrogen) atoms. The van der Waals surface area contributed by atoms with Crippen LogP contribution in [0.2, 0.25) is 0 Å². The van der Waals surface area contributed by atoms with Gasteiger partial charge in [-0.25, -0.2) is 0 Å². The molecule has 106 valence electrons. The average Bonchev–Trinajstić information content (AvgIpc) is 2.92. The maximum Gasteiger partial charge on any atom is 0.274 e. The predicted octanol–water partition coefficient (Wildman–Crippen LogP) is 2.85. The van der Waals surface area contributed by atoms with Crippen molar-refractivity contribution in [3.05, 3.63) is 57.5 Å². The molecule has 0 aliphatic rings. The summed E-state index contributed by atoms with van der Waals surface area (Å²) < 4.78 is 5.33. The van der Waals surface area contributed by atoms with Crippen molar-refractivity contribution in [2.24, 2.45) is 0 Å². The van der Waals surface area contributed by atoms with Crippen molar-refractivity contribution in [3.8, 4) is 0 Å². The van der Waals surface area contributed by atoms with Gasteiger partial charge in [0.2, 0.25) is 0 Å². The first kappa shape index (κ1) is 14.1. The molecule has 0 amide bonds. The summed E-state index contributed by atoms with van der Waals surface area (Å²) in [6.07, 6.45) is 0.620. The van der Waals surface area contributed by atoms with Crippen LogP contribution < -0.4 is 5.32 Å². The molecule has 0 aliphatic carbocycles. The Labute approximate surface area is 116 Å². The highest BCUT2D eigenvalue weighted by Gasteiger charge is 2.13. The number of aliphatic hydroxyl groups excluding tert-OH is 1. The van der Waals surface area contributed by atoms with Crippen molar-refractivity contribution in [2.75, 3.05) is 5.32 Å². The molecule has 2 N–H and O–H groups in total. The lowest BCUT2D eigenvalue weighted by Crippen LogP contribution is -2.01. The van der Waals surface area contributed by atoms with Gasteiger partial charge in [0.15, 0.2) is 0 Å². The number of anilines is 1. The van der Waals surface area contributed by atoms with Crippen LogP contribution in [0.5, 0.6) is 0 Å². The fourth-order valence-corrected chi connectivity index (χ4v) is 1.93. The molecule has 2 rings (SSSR count). The second kappa shape index (κ2) is 6.21. The van der Waals surface area contributed by atoms with Crippen molar-refractivity contribution < 1.29 is 14.4 Å². The zero-order chi connectivity index (χ0) is 14.5. The molecular weight excluding hydrogens is 260 g/mol. The van der Waals surface area contributed by atoms with E-state index in [1.54, 1.807) is 18.2 Å². The van der Waals surface area contributed by atoms with Gasteiger partial charge < -0.3 is 14.8 Å². The monoisotopic (exact) mass is 276 g/mol. The Balaban J connectivity index is 2.09. The van der Waals surface area contributed by atoms with E-state index in [9.17, 15) is 10.1 Å². The summed E-state index contributed by atoms with van der Waals surface area (Å²) in [6, 6.07) is 8.53. The fourth-order valence-electron chi connectivity index (χ4n) is 1.93. The lowest BCUT2D eigenvalue weighted by Gasteiger charge is -2.06. The number of nitrogens with one attached hydrogen (secondary N) is 1. The average molecular weight is 276 g/mol. The SMILES string of the molecule is CCc1ccc(NCc2ccc(CO)o2)cc1[N+](=O)[O-].